The zero-order chi connectivity index (χ0) is 15.2. The number of nitrogens with one attached hydrogen (secondary N) is 1. The maximum absolute atomic E-state index is 6.10. The first-order chi connectivity index (χ1) is 10.1. The molecule has 2 aromatic rings. The predicted molar refractivity (Wildman–Crippen MR) is 89.1 cm³/mol. The van der Waals surface area contributed by atoms with E-state index in [1.807, 2.05) is 29.1 Å². The van der Waals surface area contributed by atoms with Gasteiger partial charge in [0.2, 0.25) is 0 Å². The van der Waals surface area contributed by atoms with Gasteiger partial charge in [0.25, 0.3) is 0 Å². The fourth-order valence-electron chi connectivity index (χ4n) is 2.37. The van der Waals surface area contributed by atoms with Crippen molar-refractivity contribution in [2.24, 2.45) is 0 Å². The van der Waals surface area contributed by atoms with Crippen LogP contribution in [0.25, 0.3) is 0 Å². The third kappa shape index (κ3) is 4.47. The van der Waals surface area contributed by atoms with E-state index in [1.54, 1.807) is 0 Å². The molecule has 0 aliphatic heterocycles. The molecule has 0 saturated carbocycles. The fourth-order valence-corrected chi connectivity index (χ4v) is 2.69. The predicted octanol–water partition coefficient (Wildman–Crippen LogP) is 4.49. The van der Waals surface area contributed by atoms with Gasteiger partial charge in [-0.2, -0.15) is 5.10 Å². The second-order valence-electron chi connectivity index (χ2n) is 5.10. The van der Waals surface area contributed by atoms with Gasteiger partial charge in [0, 0.05) is 24.3 Å². The number of hydrogen-bond donors (Lipinski definition) is 1. The number of benzene rings is 1. The zero-order valence-corrected chi connectivity index (χ0v) is 14.0. The lowest BCUT2D eigenvalue weighted by atomic mass is 10.0. The highest BCUT2D eigenvalue weighted by Gasteiger charge is 2.14. The average Bonchev–Trinajstić information content (AvgIpc) is 2.91. The van der Waals surface area contributed by atoms with Crippen molar-refractivity contribution >= 4 is 23.2 Å². The highest BCUT2D eigenvalue weighted by atomic mass is 35.5. The van der Waals surface area contributed by atoms with E-state index >= 15 is 0 Å². The normalized spacial score (nSPS) is 12.6. The molecule has 1 aromatic heterocycles. The van der Waals surface area contributed by atoms with Crippen LogP contribution in [0.3, 0.4) is 0 Å². The first-order valence-corrected chi connectivity index (χ1v) is 8.09. The minimum Gasteiger partial charge on any atom is -0.310 e. The van der Waals surface area contributed by atoms with Crippen molar-refractivity contribution < 1.29 is 0 Å². The number of likely N-dealkylation sites (N-methyl/N-ethyl adjacent to an activating group) is 1. The third-order valence-electron chi connectivity index (χ3n) is 3.38. The van der Waals surface area contributed by atoms with Crippen LogP contribution in [0.5, 0.6) is 0 Å². The zero-order valence-electron chi connectivity index (χ0n) is 12.4. The standard InChI is InChI=1S/C16H21Cl2N3/c1-3-7-21-11-13(10-20-21)16(19-4-2)9-12-5-6-14(17)15(18)8-12/h5-6,8,10-11,16,19H,3-4,7,9H2,1-2H3. The van der Waals surface area contributed by atoms with Crippen LogP contribution in [-0.2, 0) is 13.0 Å². The van der Waals surface area contributed by atoms with Gasteiger partial charge in [0.05, 0.1) is 16.2 Å². The van der Waals surface area contributed by atoms with Crippen molar-refractivity contribution in [2.75, 3.05) is 6.54 Å². The van der Waals surface area contributed by atoms with Gasteiger partial charge in [-0.15, -0.1) is 0 Å². The highest BCUT2D eigenvalue weighted by Crippen LogP contribution is 2.25. The van der Waals surface area contributed by atoms with Crippen LogP contribution < -0.4 is 5.32 Å². The minimum absolute atomic E-state index is 0.234. The van der Waals surface area contributed by atoms with Gasteiger partial charge in [-0.1, -0.05) is 43.1 Å². The number of aromatic nitrogens is 2. The van der Waals surface area contributed by atoms with Gasteiger partial charge >= 0.3 is 0 Å². The van der Waals surface area contributed by atoms with Crippen molar-refractivity contribution in [1.29, 1.82) is 0 Å². The largest absolute Gasteiger partial charge is 0.310 e. The first-order valence-electron chi connectivity index (χ1n) is 7.33. The fraction of sp³-hybridized carbons (Fsp3) is 0.438. The number of rotatable bonds is 7. The Labute approximate surface area is 136 Å². The van der Waals surface area contributed by atoms with E-state index in [0.29, 0.717) is 10.0 Å². The number of nitrogens with zero attached hydrogens (tertiary/aromatic N) is 2. The quantitative estimate of drug-likeness (QED) is 0.812. The van der Waals surface area contributed by atoms with E-state index < -0.39 is 0 Å². The summed E-state index contributed by atoms with van der Waals surface area (Å²) in [6.45, 7) is 6.12. The Morgan fingerprint density at radius 3 is 2.71 bits per heavy atom. The van der Waals surface area contributed by atoms with E-state index in [1.165, 1.54) is 11.1 Å². The number of hydrogen-bond acceptors (Lipinski definition) is 2. The molecule has 21 heavy (non-hydrogen) atoms. The Kier molecular flexibility index (Phi) is 6.09. The molecule has 0 amide bonds. The van der Waals surface area contributed by atoms with Crippen LogP contribution in [-0.4, -0.2) is 16.3 Å². The third-order valence-corrected chi connectivity index (χ3v) is 4.12. The van der Waals surface area contributed by atoms with Gasteiger partial charge in [0.1, 0.15) is 0 Å². The van der Waals surface area contributed by atoms with Crippen LogP contribution in [0, 0.1) is 0 Å². The summed E-state index contributed by atoms with van der Waals surface area (Å²) in [5, 5.41) is 9.12. The summed E-state index contributed by atoms with van der Waals surface area (Å²) in [7, 11) is 0. The van der Waals surface area contributed by atoms with E-state index in [2.05, 4.69) is 30.5 Å². The SMILES string of the molecule is CCCn1cc(C(Cc2ccc(Cl)c(Cl)c2)NCC)cn1. The minimum atomic E-state index is 0.234. The molecule has 0 radical (unpaired) electrons. The van der Waals surface area contributed by atoms with Crippen molar-refractivity contribution in [3.05, 3.63) is 51.8 Å². The van der Waals surface area contributed by atoms with Crippen LogP contribution in [0.1, 0.15) is 37.4 Å². The molecule has 1 aromatic carbocycles. The molecule has 3 nitrogen and oxygen atoms in total. The molecule has 0 saturated heterocycles. The Morgan fingerprint density at radius 1 is 1.24 bits per heavy atom. The maximum atomic E-state index is 6.10. The molecule has 114 valence electrons. The van der Waals surface area contributed by atoms with Gasteiger partial charge in [-0.05, 0) is 37.1 Å². The van der Waals surface area contributed by atoms with Crippen LogP contribution in [0.2, 0.25) is 10.0 Å². The van der Waals surface area contributed by atoms with E-state index in [-0.39, 0.29) is 6.04 Å². The summed E-state index contributed by atoms with van der Waals surface area (Å²) in [5.41, 5.74) is 2.37. The van der Waals surface area contributed by atoms with Crippen LogP contribution >= 0.6 is 23.2 Å². The summed E-state index contributed by atoms with van der Waals surface area (Å²) in [6.07, 6.45) is 6.01. The molecule has 5 heteroatoms. The van der Waals surface area contributed by atoms with Gasteiger partial charge in [0.15, 0.2) is 0 Å². The molecule has 0 aliphatic rings. The van der Waals surface area contributed by atoms with Gasteiger partial charge in [-0.25, -0.2) is 0 Å². The van der Waals surface area contributed by atoms with Gasteiger partial charge < -0.3 is 5.32 Å². The molecule has 1 atom stereocenters. The van der Waals surface area contributed by atoms with Crippen molar-refractivity contribution in [3.63, 3.8) is 0 Å². The second-order valence-corrected chi connectivity index (χ2v) is 5.91. The Balaban J connectivity index is 2.15. The van der Waals surface area contributed by atoms with E-state index in [9.17, 15) is 0 Å². The molecule has 2 rings (SSSR count). The molecule has 0 bridgehead atoms. The molecule has 0 fully saturated rings. The number of aryl methyl sites for hydroxylation is 1. The van der Waals surface area contributed by atoms with Crippen molar-refractivity contribution in [3.8, 4) is 0 Å². The summed E-state index contributed by atoms with van der Waals surface area (Å²) >= 11 is 12.1. The summed E-state index contributed by atoms with van der Waals surface area (Å²) in [4.78, 5) is 0. The summed E-state index contributed by atoms with van der Waals surface area (Å²) in [5.74, 6) is 0. The average molecular weight is 326 g/mol. The van der Waals surface area contributed by atoms with E-state index in [4.69, 9.17) is 23.2 Å². The molecule has 1 unspecified atom stereocenters. The lowest BCUT2D eigenvalue weighted by molar-refractivity contribution is 0.547. The lowest BCUT2D eigenvalue weighted by Crippen LogP contribution is -2.22. The summed E-state index contributed by atoms with van der Waals surface area (Å²) in [6, 6.07) is 6.04. The van der Waals surface area contributed by atoms with Crippen molar-refractivity contribution in [2.45, 2.75) is 39.3 Å². The van der Waals surface area contributed by atoms with Crippen LogP contribution in [0.15, 0.2) is 30.6 Å². The van der Waals surface area contributed by atoms with Gasteiger partial charge in [-0.3, -0.25) is 4.68 Å². The van der Waals surface area contributed by atoms with Crippen LogP contribution in [0.4, 0.5) is 0 Å². The molecule has 0 aliphatic carbocycles. The lowest BCUT2D eigenvalue weighted by Gasteiger charge is -2.16. The monoisotopic (exact) mass is 325 g/mol. The Bertz CT molecular complexity index is 581. The molecular weight excluding hydrogens is 305 g/mol. The molecular formula is C16H21Cl2N3. The second kappa shape index (κ2) is 7.83. The van der Waals surface area contributed by atoms with Crippen molar-refractivity contribution in [1.82, 2.24) is 15.1 Å². The highest BCUT2D eigenvalue weighted by molar-refractivity contribution is 6.42. The smallest absolute Gasteiger partial charge is 0.0595 e. The van der Waals surface area contributed by atoms with E-state index in [0.717, 1.165) is 25.9 Å². The molecule has 1 heterocycles. The first kappa shape index (κ1) is 16.3. The summed E-state index contributed by atoms with van der Waals surface area (Å²) < 4.78 is 1.99. The number of halogens is 2. The maximum Gasteiger partial charge on any atom is 0.0595 e. The molecule has 0 spiro atoms. The topological polar surface area (TPSA) is 29.9 Å². The molecule has 1 N–H and O–H groups in total. The Hall–Kier alpha value is -1.03. The Morgan fingerprint density at radius 2 is 2.05 bits per heavy atom.